The maximum atomic E-state index is 13.5. The first-order valence-corrected chi connectivity index (χ1v) is 6.14. The van der Waals surface area contributed by atoms with Crippen molar-refractivity contribution in [1.82, 2.24) is 0 Å². The summed E-state index contributed by atoms with van der Waals surface area (Å²) in [7, 11) is 0. The van der Waals surface area contributed by atoms with Crippen LogP contribution in [0.25, 0.3) is 0 Å². The lowest BCUT2D eigenvalue weighted by atomic mass is 10.3. The van der Waals surface area contributed by atoms with Crippen molar-refractivity contribution in [3.05, 3.63) is 63.4 Å². The highest BCUT2D eigenvalue weighted by Crippen LogP contribution is 2.39. The summed E-state index contributed by atoms with van der Waals surface area (Å²) < 4.78 is 13.5. The van der Waals surface area contributed by atoms with Crippen molar-refractivity contribution in [2.24, 2.45) is 0 Å². The van der Waals surface area contributed by atoms with Crippen LogP contribution in [0, 0.1) is 15.9 Å². The predicted octanol–water partition coefficient (Wildman–Crippen LogP) is 4.54. The van der Waals surface area contributed by atoms with Crippen LogP contribution in [0.15, 0.2) is 52.3 Å². The number of rotatable bonds is 3. The maximum Gasteiger partial charge on any atom is 0.301 e. The van der Waals surface area contributed by atoms with Gasteiger partial charge in [0.15, 0.2) is 0 Å². The second-order valence-corrected chi connectivity index (χ2v) is 4.87. The zero-order valence-corrected chi connectivity index (χ0v) is 10.5. The Morgan fingerprint density at radius 1 is 1.11 bits per heavy atom. The van der Waals surface area contributed by atoms with Gasteiger partial charge in [0.05, 0.1) is 9.82 Å². The third-order valence-electron chi connectivity index (χ3n) is 2.19. The van der Waals surface area contributed by atoms with E-state index in [4.69, 9.17) is 11.6 Å². The molecular formula is C12H7ClFNO2S. The Morgan fingerprint density at radius 2 is 1.78 bits per heavy atom. The minimum atomic E-state index is -0.564. The van der Waals surface area contributed by atoms with E-state index in [9.17, 15) is 14.5 Å². The Bertz CT molecular complexity index is 606. The summed E-state index contributed by atoms with van der Waals surface area (Å²) in [5.41, 5.74) is -0.201. The molecule has 2 aromatic rings. The monoisotopic (exact) mass is 283 g/mol. The topological polar surface area (TPSA) is 43.1 Å². The van der Waals surface area contributed by atoms with Crippen LogP contribution in [-0.4, -0.2) is 4.92 Å². The Kier molecular flexibility index (Phi) is 3.84. The molecule has 0 heterocycles. The summed E-state index contributed by atoms with van der Waals surface area (Å²) in [6.45, 7) is 0. The number of nitro benzene ring substituents is 1. The Morgan fingerprint density at radius 3 is 2.44 bits per heavy atom. The number of halogens is 2. The van der Waals surface area contributed by atoms with Crippen LogP contribution in [0.1, 0.15) is 0 Å². The van der Waals surface area contributed by atoms with Crippen LogP contribution in [0.2, 0.25) is 5.02 Å². The zero-order valence-electron chi connectivity index (χ0n) is 8.97. The number of benzene rings is 2. The molecule has 0 saturated carbocycles. The van der Waals surface area contributed by atoms with E-state index in [-0.39, 0.29) is 10.7 Å². The standard InChI is InChI=1S/C12H7ClFNO2S/c13-8-4-3-7-11(12(8)15(16)17)18-10-6-2-1-5-9(10)14/h1-7H. The molecular weight excluding hydrogens is 277 g/mol. The van der Waals surface area contributed by atoms with E-state index in [1.165, 1.54) is 12.1 Å². The smallest absolute Gasteiger partial charge is 0.258 e. The first-order chi connectivity index (χ1) is 8.59. The fourth-order valence-corrected chi connectivity index (χ4v) is 2.68. The van der Waals surface area contributed by atoms with Gasteiger partial charge in [0.2, 0.25) is 0 Å². The fourth-order valence-electron chi connectivity index (χ4n) is 1.40. The van der Waals surface area contributed by atoms with Crippen molar-refractivity contribution >= 4 is 29.1 Å². The molecule has 0 bridgehead atoms. The third kappa shape index (κ3) is 2.63. The minimum Gasteiger partial charge on any atom is -0.258 e. The second kappa shape index (κ2) is 5.37. The largest absolute Gasteiger partial charge is 0.301 e. The molecule has 0 aliphatic carbocycles. The van der Waals surface area contributed by atoms with Gasteiger partial charge in [-0.2, -0.15) is 0 Å². The average Bonchev–Trinajstić information content (AvgIpc) is 2.31. The molecule has 18 heavy (non-hydrogen) atoms. The van der Waals surface area contributed by atoms with Crippen molar-refractivity contribution in [1.29, 1.82) is 0 Å². The van der Waals surface area contributed by atoms with E-state index in [0.29, 0.717) is 9.79 Å². The molecule has 0 unspecified atom stereocenters. The molecule has 0 amide bonds. The molecule has 0 fully saturated rings. The van der Waals surface area contributed by atoms with Crippen molar-refractivity contribution in [2.75, 3.05) is 0 Å². The number of hydrogen-bond acceptors (Lipinski definition) is 3. The van der Waals surface area contributed by atoms with E-state index < -0.39 is 10.7 Å². The molecule has 0 aromatic heterocycles. The fraction of sp³-hybridized carbons (Fsp3) is 0. The van der Waals surface area contributed by atoms with E-state index in [2.05, 4.69) is 0 Å². The molecule has 2 rings (SSSR count). The number of nitro groups is 1. The van der Waals surface area contributed by atoms with Gasteiger partial charge in [-0.15, -0.1) is 0 Å². The van der Waals surface area contributed by atoms with Crippen LogP contribution < -0.4 is 0 Å². The van der Waals surface area contributed by atoms with E-state index in [1.807, 2.05) is 0 Å². The number of hydrogen-bond donors (Lipinski definition) is 0. The quantitative estimate of drug-likeness (QED) is 0.613. The van der Waals surface area contributed by atoms with Gasteiger partial charge >= 0.3 is 5.69 Å². The van der Waals surface area contributed by atoms with E-state index in [0.717, 1.165) is 11.8 Å². The van der Waals surface area contributed by atoms with Gasteiger partial charge in [-0.1, -0.05) is 41.6 Å². The molecule has 0 radical (unpaired) electrons. The van der Waals surface area contributed by atoms with Crippen LogP contribution in [-0.2, 0) is 0 Å². The summed E-state index contributed by atoms with van der Waals surface area (Å²) in [4.78, 5) is 11.0. The second-order valence-electron chi connectivity index (χ2n) is 3.38. The summed E-state index contributed by atoms with van der Waals surface area (Å²) in [5, 5.41) is 11.0. The van der Waals surface area contributed by atoms with Crippen molar-refractivity contribution in [3.63, 3.8) is 0 Å². The Balaban J connectivity index is 2.44. The molecule has 0 aliphatic rings. The summed E-state index contributed by atoms with van der Waals surface area (Å²) >= 11 is 6.76. The van der Waals surface area contributed by atoms with Gasteiger partial charge in [0.1, 0.15) is 10.8 Å². The van der Waals surface area contributed by atoms with Crippen molar-refractivity contribution in [3.8, 4) is 0 Å². The third-order valence-corrected chi connectivity index (χ3v) is 3.59. The number of para-hydroxylation sites is 1. The molecule has 6 heteroatoms. The first kappa shape index (κ1) is 12.9. The molecule has 0 saturated heterocycles. The molecule has 0 spiro atoms. The highest BCUT2D eigenvalue weighted by Gasteiger charge is 2.19. The summed E-state index contributed by atoms with van der Waals surface area (Å²) in [6.07, 6.45) is 0. The minimum absolute atomic E-state index is 0.0429. The van der Waals surface area contributed by atoms with Crippen molar-refractivity contribution in [2.45, 2.75) is 9.79 Å². The van der Waals surface area contributed by atoms with Crippen LogP contribution in [0.5, 0.6) is 0 Å². The average molecular weight is 284 g/mol. The van der Waals surface area contributed by atoms with E-state index in [1.54, 1.807) is 30.3 Å². The lowest BCUT2D eigenvalue weighted by Crippen LogP contribution is -1.92. The van der Waals surface area contributed by atoms with Crippen LogP contribution >= 0.6 is 23.4 Å². The predicted molar refractivity (Wildman–Crippen MR) is 68.6 cm³/mol. The molecule has 2 aromatic carbocycles. The van der Waals surface area contributed by atoms with Gasteiger partial charge < -0.3 is 0 Å². The number of nitrogens with zero attached hydrogens (tertiary/aromatic N) is 1. The van der Waals surface area contributed by atoms with Gasteiger partial charge in [0, 0.05) is 4.90 Å². The maximum absolute atomic E-state index is 13.5. The summed E-state index contributed by atoms with van der Waals surface area (Å²) in [6, 6.07) is 10.7. The highest BCUT2D eigenvalue weighted by atomic mass is 35.5. The SMILES string of the molecule is O=[N+]([O-])c1c(Cl)cccc1Sc1ccccc1F. The van der Waals surface area contributed by atoms with Crippen LogP contribution in [0.3, 0.4) is 0 Å². The lowest BCUT2D eigenvalue weighted by molar-refractivity contribution is -0.387. The van der Waals surface area contributed by atoms with Crippen LogP contribution in [0.4, 0.5) is 10.1 Å². The lowest BCUT2D eigenvalue weighted by Gasteiger charge is -2.04. The molecule has 0 aliphatic heterocycles. The summed E-state index contributed by atoms with van der Waals surface area (Å²) in [5.74, 6) is -0.420. The van der Waals surface area contributed by atoms with Crippen molar-refractivity contribution < 1.29 is 9.31 Å². The zero-order chi connectivity index (χ0) is 13.1. The normalized spacial score (nSPS) is 10.3. The van der Waals surface area contributed by atoms with Gasteiger partial charge in [-0.3, -0.25) is 10.1 Å². The molecule has 3 nitrogen and oxygen atoms in total. The van der Waals surface area contributed by atoms with E-state index >= 15 is 0 Å². The van der Waals surface area contributed by atoms with Gasteiger partial charge in [-0.05, 0) is 24.3 Å². The Hall–Kier alpha value is -1.59. The van der Waals surface area contributed by atoms with Gasteiger partial charge in [0.25, 0.3) is 0 Å². The first-order valence-electron chi connectivity index (χ1n) is 4.95. The Labute approximate surface area is 112 Å². The molecule has 92 valence electrons. The molecule has 0 N–H and O–H groups in total. The van der Waals surface area contributed by atoms with Gasteiger partial charge in [-0.25, -0.2) is 4.39 Å². The highest BCUT2D eigenvalue weighted by molar-refractivity contribution is 7.99. The molecule has 0 atom stereocenters.